The Kier molecular flexibility index (Phi) is 6.97. The number of aryl methyl sites for hydroxylation is 2. The minimum Gasteiger partial charge on any atom is -0.359 e. The number of pyridine rings is 1. The standard InChI is InChI=1S/C31H39N7O/c1-20-15-31(16-20,30-37-34-19-38(30)3)23-9-8-12-25(14-23)35-29(39)26-13-22(28-27(36-26)21(2)17-33-28)18-32-24-10-6-4-5-7-11-24/h8-9,12-14,17,19-20,24,32-33H,4-7,10-11,15-16,18H2,1-3H3,(H,35,39). The summed E-state index contributed by atoms with van der Waals surface area (Å²) in [4.78, 5) is 21.7. The van der Waals surface area contributed by atoms with E-state index in [9.17, 15) is 4.79 Å². The van der Waals surface area contributed by atoms with Gasteiger partial charge in [0.15, 0.2) is 0 Å². The van der Waals surface area contributed by atoms with Crippen LogP contribution in [0.1, 0.15) is 91.3 Å². The lowest BCUT2D eigenvalue weighted by Gasteiger charge is -2.46. The van der Waals surface area contributed by atoms with Crippen LogP contribution in [0.2, 0.25) is 0 Å². The van der Waals surface area contributed by atoms with Gasteiger partial charge < -0.3 is 20.2 Å². The number of hydrogen-bond acceptors (Lipinski definition) is 5. The lowest BCUT2D eigenvalue weighted by Crippen LogP contribution is -2.43. The van der Waals surface area contributed by atoms with E-state index in [1.807, 2.05) is 42.9 Å². The van der Waals surface area contributed by atoms with Gasteiger partial charge in [-0.05, 0) is 73.4 Å². The van der Waals surface area contributed by atoms with Crippen LogP contribution in [0.25, 0.3) is 11.0 Å². The summed E-state index contributed by atoms with van der Waals surface area (Å²) in [6, 6.07) is 10.7. The van der Waals surface area contributed by atoms with Crippen LogP contribution in [0.3, 0.4) is 0 Å². The maximum atomic E-state index is 13.5. The Bertz CT molecular complexity index is 1470. The van der Waals surface area contributed by atoms with Crippen molar-refractivity contribution in [1.82, 2.24) is 30.0 Å². The number of aromatic amines is 1. The zero-order valence-corrected chi connectivity index (χ0v) is 23.3. The molecule has 8 nitrogen and oxygen atoms in total. The van der Waals surface area contributed by atoms with Gasteiger partial charge in [-0.1, -0.05) is 44.7 Å². The molecule has 0 bridgehead atoms. The molecule has 1 amide bonds. The van der Waals surface area contributed by atoms with Gasteiger partial charge in [-0.2, -0.15) is 0 Å². The number of amides is 1. The van der Waals surface area contributed by atoms with Crippen molar-refractivity contribution in [3.63, 3.8) is 0 Å². The summed E-state index contributed by atoms with van der Waals surface area (Å²) in [6.45, 7) is 5.02. The van der Waals surface area contributed by atoms with E-state index in [-0.39, 0.29) is 11.3 Å². The second-order valence-electron chi connectivity index (χ2n) is 11.8. The highest BCUT2D eigenvalue weighted by Gasteiger charge is 2.48. The number of benzene rings is 1. The monoisotopic (exact) mass is 525 g/mol. The molecule has 4 aromatic rings. The van der Waals surface area contributed by atoms with Crippen molar-refractivity contribution < 1.29 is 4.79 Å². The summed E-state index contributed by atoms with van der Waals surface area (Å²) in [7, 11) is 2.00. The molecule has 2 saturated carbocycles. The minimum atomic E-state index is -0.194. The third-order valence-electron chi connectivity index (χ3n) is 8.78. The number of carbonyl (C=O) groups excluding carboxylic acids is 1. The van der Waals surface area contributed by atoms with Crippen LogP contribution >= 0.6 is 0 Å². The third kappa shape index (κ3) is 4.98. The predicted octanol–water partition coefficient (Wildman–Crippen LogP) is 5.78. The molecule has 0 spiro atoms. The van der Waals surface area contributed by atoms with Crippen LogP contribution in [-0.2, 0) is 19.0 Å². The van der Waals surface area contributed by atoms with E-state index in [4.69, 9.17) is 4.98 Å². The number of nitrogens with one attached hydrogen (secondary N) is 3. The number of carbonyl (C=O) groups is 1. The second kappa shape index (κ2) is 10.6. The van der Waals surface area contributed by atoms with Gasteiger partial charge in [-0.15, -0.1) is 10.2 Å². The summed E-state index contributed by atoms with van der Waals surface area (Å²) >= 11 is 0. The van der Waals surface area contributed by atoms with Crippen molar-refractivity contribution in [2.24, 2.45) is 13.0 Å². The lowest BCUT2D eigenvalue weighted by atomic mass is 9.58. The van der Waals surface area contributed by atoms with Gasteiger partial charge in [0, 0.05) is 31.5 Å². The Labute approximate surface area is 230 Å². The zero-order valence-electron chi connectivity index (χ0n) is 23.3. The molecule has 8 heteroatoms. The van der Waals surface area contributed by atoms with Gasteiger partial charge in [0.25, 0.3) is 5.91 Å². The van der Waals surface area contributed by atoms with Crippen LogP contribution in [0, 0.1) is 12.8 Å². The first-order valence-electron chi connectivity index (χ1n) is 14.4. The summed E-state index contributed by atoms with van der Waals surface area (Å²) in [5.41, 5.74) is 6.19. The van der Waals surface area contributed by atoms with Gasteiger partial charge >= 0.3 is 0 Å². The number of fused-ring (bicyclic) bond motifs is 1. The number of anilines is 1. The fourth-order valence-corrected chi connectivity index (χ4v) is 6.77. The Morgan fingerprint density at radius 1 is 1.15 bits per heavy atom. The lowest BCUT2D eigenvalue weighted by molar-refractivity contribution is 0.102. The van der Waals surface area contributed by atoms with Crippen molar-refractivity contribution in [3.05, 3.63) is 71.1 Å². The van der Waals surface area contributed by atoms with Crippen LogP contribution in [0.4, 0.5) is 5.69 Å². The molecule has 0 aliphatic heterocycles. The summed E-state index contributed by atoms with van der Waals surface area (Å²) in [5.74, 6) is 1.40. The van der Waals surface area contributed by atoms with Crippen LogP contribution in [0.15, 0.2) is 42.9 Å². The highest BCUT2D eigenvalue weighted by Crippen LogP contribution is 2.51. The Balaban J connectivity index is 1.25. The van der Waals surface area contributed by atoms with E-state index >= 15 is 0 Å². The molecule has 0 unspecified atom stereocenters. The van der Waals surface area contributed by atoms with Crippen molar-refractivity contribution >= 4 is 22.6 Å². The maximum Gasteiger partial charge on any atom is 0.274 e. The maximum absolute atomic E-state index is 13.5. The average Bonchev–Trinajstić information content (AvgIpc) is 3.41. The number of rotatable bonds is 7. The zero-order chi connectivity index (χ0) is 27.0. The summed E-state index contributed by atoms with van der Waals surface area (Å²) < 4.78 is 2.01. The molecular formula is C31H39N7O. The molecule has 0 radical (unpaired) electrons. The highest BCUT2D eigenvalue weighted by molar-refractivity contribution is 6.04. The molecule has 2 fully saturated rings. The number of hydrogen-bond donors (Lipinski definition) is 3. The second-order valence-corrected chi connectivity index (χ2v) is 11.8. The molecule has 6 rings (SSSR count). The first-order valence-corrected chi connectivity index (χ1v) is 14.4. The number of aromatic nitrogens is 5. The summed E-state index contributed by atoms with van der Waals surface area (Å²) in [5, 5.41) is 15.5. The van der Waals surface area contributed by atoms with E-state index in [2.05, 4.69) is 44.9 Å². The SMILES string of the molecule is Cc1c[nH]c2c(CNC3CCCCCC3)cc(C(=O)Nc3cccc(C4(c5nncn5C)CC(C)C4)c3)nc12. The van der Waals surface area contributed by atoms with Crippen molar-refractivity contribution in [3.8, 4) is 0 Å². The molecule has 3 aromatic heterocycles. The molecule has 2 aliphatic rings. The quantitative estimate of drug-likeness (QED) is 0.266. The van der Waals surface area contributed by atoms with Gasteiger partial charge in [0.2, 0.25) is 0 Å². The minimum absolute atomic E-state index is 0.179. The first-order chi connectivity index (χ1) is 18.9. The molecular weight excluding hydrogens is 486 g/mol. The molecule has 204 valence electrons. The highest BCUT2D eigenvalue weighted by atomic mass is 16.1. The van der Waals surface area contributed by atoms with E-state index in [0.717, 1.165) is 58.6 Å². The van der Waals surface area contributed by atoms with Gasteiger partial charge in [-0.25, -0.2) is 4.98 Å². The Morgan fingerprint density at radius 2 is 1.95 bits per heavy atom. The molecule has 0 saturated heterocycles. The third-order valence-corrected chi connectivity index (χ3v) is 8.78. The Morgan fingerprint density at radius 3 is 2.67 bits per heavy atom. The topological polar surface area (TPSA) is 101 Å². The molecule has 2 aliphatic carbocycles. The van der Waals surface area contributed by atoms with Crippen LogP contribution in [-0.4, -0.2) is 36.7 Å². The largest absolute Gasteiger partial charge is 0.359 e. The molecule has 0 atom stereocenters. The van der Waals surface area contributed by atoms with Crippen LogP contribution in [0.5, 0.6) is 0 Å². The fraction of sp³-hybridized carbons (Fsp3) is 0.484. The Hall–Kier alpha value is -3.52. The molecule has 3 N–H and O–H groups in total. The average molecular weight is 526 g/mol. The molecule has 3 heterocycles. The normalized spacial score (nSPS) is 22.0. The van der Waals surface area contributed by atoms with Crippen molar-refractivity contribution in [1.29, 1.82) is 0 Å². The van der Waals surface area contributed by atoms with Gasteiger partial charge in [-0.3, -0.25) is 4.79 Å². The predicted molar refractivity (Wildman–Crippen MR) is 154 cm³/mol. The van der Waals surface area contributed by atoms with E-state index in [1.54, 1.807) is 6.33 Å². The van der Waals surface area contributed by atoms with Crippen LogP contribution < -0.4 is 10.6 Å². The number of H-pyrrole nitrogens is 1. The number of nitrogens with zero attached hydrogens (tertiary/aromatic N) is 4. The van der Waals surface area contributed by atoms with Crippen molar-refractivity contribution in [2.45, 2.75) is 83.2 Å². The van der Waals surface area contributed by atoms with E-state index < -0.39 is 0 Å². The summed E-state index contributed by atoms with van der Waals surface area (Å²) in [6.07, 6.45) is 13.4. The molecule has 1 aromatic carbocycles. The van der Waals surface area contributed by atoms with Gasteiger partial charge in [0.05, 0.1) is 16.4 Å². The van der Waals surface area contributed by atoms with Gasteiger partial charge in [0.1, 0.15) is 17.8 Å². The van der Waals surface area contributed by atoms with E-state index in [1.165, 1.54) is 38.5 Å². The fourth-order valence-electron chi connectivity index (χ4n) is 6.77. The first kappa shape index (κ1) is 25.7. The smallest absolute Gasteiger partial charge is 0.274 e. The molecule has 39 heavy (non-hydrogen) atoms. The van der Waals surface area contributed by atoms with E-state index in [0.29, 0.717) is 17.7 Å². The van der Waals surface area contributed by atoms with Crippen molar-refractivity contribution in [2.75, 3.05) is 5.32 Å².